The highest BCUT2D eigenvalue weighted by atomic mass is 32.2. The zero-order valence-electron chi connectivity index (χ0n) is 17.8. The van der Waals surface area contributed by atoms with Crippen molar-refractivity contribution in [1.29, 1.82) is 5.26 Å². The number of carbonyl (C=O) groups excluding carboxylic acids is 1. The highest BCUT2D eigenvalue weighted by Gasteiger charge is 2.31. The number of nitrogens with one attached hydrogen (secondary N) is 1. The fraction of sp³-hybridized carbons (Fsp3) is 0.304. The van der Waals surface area contributed by atoms with E-state index in [1.165, 1.54) is 11.8 Å². The minimum absolute atomic E-state index is 0.0935. The lowest BCUT2D eigenvalue weighted by molar-refractivity contribution is -0.121. The van der Waals surface area contributed by atoms with Crippen LogP contribution in [0.2, 0.25) is 0 Å². The molecule has 1 aliphatic heterocycles. The van der Waals surface area contributed by atoms with Gasteiger partial charge in [-0.05, 0) is 37.5 Å². The first kappa shape index (κ1) is 22.8. The van der Waals surface area contributed by atoms with Crippen molar-refractivity contribution >= 4 is 46.1 Å². The van der Waals surface area contributed by atoms with E-state index < -0.39 is 0 Å². The van der Waals surface area contributed by atoms with Gasteiger partial charge in [0.05, 0.1) is 4.91 Å². The topological polar surface area (TPSA) is 78.1 Å². The summed E-state index contributed by atoms with van der Waals surface area (Å²) in [5, 5.41) is 13.0. The van der Waals surface area contributed by atoms with Gasteiger partial charge in [-0.2, -0.15) is 5.26 Å². The maximum absolute atomic E-state index is 13.0. The molecule has 1 saturated heterocycles. The molecule has 2 heterocycles. The van der Waals surface area contributed by atoms with Crippen LogP contribution in [0.5, 0.6) is 0 Å². The Kier molecular flexibility index (Phi) is 7.31. The normalized spacial score (nSPS) is 14.9. The molecule has 1 N–H and O–H groups in total. The number of hydrogen-bond acceptors (Lipinski definition) is 6. The summed E-state index contributed by atoms with van der Waals surface area (Å²) in [5.74, 6) is 0.451. The molecule has 1 aromatic heterocycles. The second kappa shape index (κ2) is 9.94. The van der Waals surface area contributed by atoms with Crippen LogP contribution in [0.3, 0.4) is 0 Å². The summed E-state index contributed by atoms with van der Waals surface area (Å²) in [6.07, 6.45) is 2.48. The maximum atomic E-state index is 13.0. The van der Waals surface area contributed by atoms with Gasteiger partial charge in [0.2, 0.25) is 0 Å². The van der Waals surface area contributed by atoms with E-state index in [9.17, 15) is 14.9 Å². The van der Waals surface area contributed by atoms with E-state index >= 15 is 0 Å². The lowest BCUT2D eigenvalue weighted by Crippen LogP contribution is -2.28. The minimum atomic E-state index is -0.323. The minimum Gasteiger partial charge on any atom is -0.367 e. The fourth-order valence-electron chi connectivity index (χ4n) is 3.48. The Hall–Kier alpha value is -2.89. The molecule has 0 atom stereocenters. The number of carbonyl (C=O) groups is 1. The molecule has 0 saturated carbocycles. The van der Waals surface area contributed by atoms with Crippen LogP contribution in [0.4, 0.5) is 5.82 Å². The Bertz CT molecular complexity index is 1150. The number of likely N-dealkylation sites (N-methyl/N-ethyl adjacent to an activating group) is 1. The number of rotatable bonds is 7. The van der Waals surface area contributed by atoms with Crippen LogP contribution in [0.25, 0.3) is 6.08 Å². The van der Waals surface area contributed by atoms with Gasteiger partial charge in [0, 0.05) is 25.2 Å². The second-order valence-electron chi connectivity index (χ2n) is 7.10. The monoisotopic (exact) mass is 452 g/mol. The third kappa shape index (κ3) is 4.58. The van der Waals surface area contributed by atoms with Crippen LogP contribution in [0.1, 0.15) is 42.5 Å². The first-order valence-corrected chi connectivity index (χ1v) is 11.4. The van der Waals surface area contributed by atoms with E-state index in [2.05, 4.69) is 11.4 Å². The predicted molar refractivity (Wildman–Crippen MR) is 130 cm³/mol. The molecule has 160 valence electrons. The number of amides is 1. The molecule has 0 radical (unpaired) electrons. The SMILES string of the molecule is CCCn1c(NCc2ccccc2)c(/C=C2/SC(=S)N(CC)C2=O)c(C)c(C#N)c1=O. The fourth-order valence-corrected chi connectivity index (χ4v) is 4.84. The van der Waals surface area contributed by atoms with Crippen molar-refractivity contribution in [2.24, 2.45) is 0 Å². The lowest BCUT2D eigenvalue weighted by Gasteiger charge is -2.20. The predicted octanol–water partition coefficient (Wildman–Crippen LogP) is 4.27. The Labute approximate surface area is 191 Å². The summed E-state index contributed by atoms with van der Waals surface area (Å²) in [6.45, 7) is 7.06. The van der Waals surface area contributed by atoms with Gasteiger partial charge < -0.3 is 5.32 Å². The quantitative estimate of drug-likeness (QED) is 0.499. The van der Waals surface area contributed by atoms with Crippen molar-refractivity contribution in [3.63, 3.8) is 0 Å². The summed E-state index contributed by atoms with van der Waals surface area (Å²) >= 11 is 6.57. The first-order valence-electron chi connectivity index (χ1n) is 10.1. The van der Waals surface area contributed by atoms with Crippen molar-refractivity contribution < 1.29 is 4.79 Å². The molecule has 1 aromatic carbocycles. The Morgan fingerprint density at radius 3 is 2.52 bits per heavy atom. The van der Waals surface area contributed by atoms with Crippen LogP contribution in [0.15, 0.2) is 40.0 Å². The number of aromatic nitrogens is 1. The molecule has 6 nitrogen and oxygen atoms in total. The van der Waals surface area contributed by atoms with Crippen LogP contribution in [-0.2, 0) is 17.9 Å². The van der Waals surface area contributed by atoms with Gasteiger partial charge in [0.1, 0.15) is 21.8 Å². The van der Waals surface area contributed by atoms with Crippen molar-refractivity contribution in [2.75, 3.05) is 11.9 Å². The zero-order chi connectivity index (χ0) is 22.5. The number of nitrogens with zero attached hydrogens (tertiary/aromatic N) is 3. The molecule has 0 spiro atoms. The van der Waals surface area contributed by atoms with Crippen molar-refractivity contribution in [2.45, 2.75) is 40.3 Å². The molecule has 0 bridgehead atoms. The summed E-state index contributed by atoms with van der Waals surface area (Å²) in [6, 6.07) is 11.9. The van der Waals surface area contributed by atoms with Gasteiger partial charge in [0.15, 0.2) is 0 Å². The van der Waals surface area contributed by atoms with E-state index in [4.69, 9.17) is 12.2 Å². The first-order chi connectivity index (χ1) is 14.9. The smallest absolute Gasteiger partial charge is 0.270 e. The molecule has 0 aliphatic carbocycles. The number of benzene rings is 1. The number of anilines is 1. The van der Waals surface area contributed by atoms with Crippen LogP contribution in [-0.4, -0.2) is 26.2 Å². The largest absolute Gasteiger partial charge is 0.367 e. The maximum Gasteiger partial charge on any atom is 0.270 e. The lowest BCUT2D eigenvalue weighted by atomic mass is 10.0. The van der Waals surface area contributed by atoms with E-state index in [1.54, 1.807) is 22.5 Å². The molecule has 8 heteroatoms. The molecular weight excluding hydrogens is 428 g/mol. The average molecular weight is 453 g/mol. The van der Waals surface area contributed by atoms with Crippen LogP contribution < -0.4 is 10.9 Å². The van der Waals surface area contributed by atoms with Gasteiger partial charge >= 0.3 is 0 Å². The van der Waals surface area contributed by atoms with Gasteiger partial charge in [0.25, 0.3) is 11.5 Å². The number of thioether (sulfide) groups is 1. The zero-order valence-corrected chi connectivity index (χ0v) is 19.4. The Balaban J connectivity index is 2.18. The highest BCUT2D eigenvalue weighted by Crippen LogP contribution is 2.34. The van der Waals surface area contributed by atoms with Gasteiger partial charge in [-0.3, -0.25) is 19.1 Å². The summed E-state index contributed by atoms with van der Waals surface area (Å²) < 4.78 is 2.11. The summed E-state index contributed by atoms with van der Waals surface area (Å²) in [4.78, 5) is 27.8. The number of hydrogen-bond donors (Lipinski definition) is 1. The molecule has 1 amide bonds. The van der Waals surface area contributed by atoms with E-state index in [-0.39, 0.29) is 17.0 Å². The molecule has 3 rings (SSSR count). The van der Waals surface area contributed by atoms with E-state index in [0.29, 0.717) is 45.8 Å². The Morgan fingerprint density at radius 1 is 1.23 bits per heavy atom. The van der Waals surface area contributed by atoms with Gasteiger partial charge in [-0.25, -0.2) is 0 Å². The molecule has 0 unspecified atom stereocenters. The van der Waals surface area contributed by atoms with E-state index in [1.807, 2.05) is 44.2 Å². The standard InChI is InChI=1S/C23H24N4O2S2/c1-4-11-27-20(25-14-16-9-7-6-8-10-16)17(15(3)18(13-24)21(27)28)12-19-22(29)26(5-2)23(30)31-19/h6-10,12,25H,4-5,11,14H2,1-3H3/b19-12+. The second-order valence-corrected chi connectivity index (χ2v) is 8.77. The average Bonchev–Trinajstić information content (AvgIpc) is 3.04. The van der Waals surface area contributed by atoms with Crippen molar-refractivity contribution in [1.82, 2.24) is 9.47 Å². The van der Waals surface area contributed by atoms with Gasteiger partial charge in [-0.15, -0.1) is 0 Å². The van der Waals surface area contributed by atoms with Gasteiger partial charge in [-0.1, -0.05) is 61.2 Å². The highest BCUT2D eigenvalue weighted by molar-refractivity contribution is 8.26. The van der Waals surface area contributed by atoms with E-state index in [0.717, 1.165) is 12.0 Å². The molecule has 2 aromatic rings. The third-order valence-corrected chi connectivity index (χ3v) is 6.47. The molecule has 31 heavy (non-hydrogen) atoms. The number of nitriles is 1. The number of pyridine rings is 1. The van der Waals surface area contributed by atoms with Crippen molar-refractivity contribution in [3.8, 4) is 6.07 Å². The molecule has 1 aliphatic rings. The van der Waals surface area contributed by atoms with Crippen LogP contribution in [0, 0.1) is 18.3 Å². The summed E-state index contributed by atoms with van der Waals surface area (Å²) in [5.41, 5.74) is 2.05. The van der Waals surface area contributed by atoms with Crippen molar-refractivity contribution in [3.05, 3.63) is 67.8 Å². The third-order valence-electron chi connectivity index (χ3n) is 5.09. The Morgan fingerprint density at radius 2 is 1.94 bits per heavy atom. The summed E-state index contributed by atoms with van der Waals surface area (Å²) in [7, 11) is 0. The molecular formula is C23H24N4O2S2. The molecule has 1 fully saturated rings. The number of thiocarbonyl (C=S) groups is 1. The van der Waals surface area contributed by atoms with Crippen LogP contribution >= 0.6 is 24.0 Å².